The number of anilines is 1. The molecule has 1 atom stereocenters. The minimum absolute atomic E-state index is 0.0399. The number of hydrogen-bond donors (Lipinski definition) is 1. The number of carbonyl (C=O) groups is 3. The van der Waals surface area contributed by atoms with Crippen molar-refractivity contribution in [2.24, 2.45) is 10.2 Å². The van der Waals surface area contributed by atoms with Gasteiger partial charge in [0.1, 0.15) is 5.84 Å². The molecule has 30 heavy (non-hydrogen) atoms. The van der Waals surface area contributed by atoms with Crippen LogP contribution in [-0.4, -0.2) is 38.9 Å². The van der Waals surface area contributed by atoms with Crippen LogP contribution in [0.5, 0.6) is 0 Å². The number of halogens is 1. The van der Waals surface area contributed by atoms with Crippen LogP contribution in [0.2, 0.25) is 5.02 Å². The number of amidine groups is 2. The summed E-state index contributed by atoms with van der Waals surface area (Å²) in [7, 11) is 0. The number of benzene rings is 2. The zero-order valence-electron chi connectivity index (χ0n) is 15.4. The van der Waals surface area contributed by atoms with E-state index in [1.165, 1.54) is 4.90 Å². The minimum Gasteiger partial charge on any atom is -0.303 e. The lowest BCUT2D eigenvalue weighted by atomic mass is 10.1. The molecule has 2 saturated heterocycles. The number of rotatable bonds is 5. The Kier molecular flexibility index (Phi) is 6.21. The Morgan fingerprint density at radius 2 is 1.83 bits per heavy atom. The topological polar surface area (TPSA) is 91.2 Å². The Bertz CT molecular complexity index is 1060. The third kappa shape index (κ3) is 4.58. The molecule has 0 saturated carbocycles. The minimum atomic E-state index is -0.586. The van der Waals surface area contributed by atoms with Crippen LogP contribution in [0.25, 0.3) is 0 Å². The van der Waals surface area contributed by atoms with E-state index in [4.69, 9.17) is 11.6 Å². The number of Topliss-reactive ketones (excluding diaryl/α,β-unsaturated/α-hetero) is 1. The summed E-state index contributed by atoms with van der Waals surface area (Å²) in [4.78, 5) is 38.4. The number of para-hydroxylation sites is 1. The molecule has 2 aromatic rings. The van der Waals surface area contributed by atoms with E-state index in [0.717, 1.165) is 23.5 Å². The normalized spacial score (nSPS) is 21.5. The number of ketones is 1. The Morgan fingerprint density at radius 1 is 1.10 bits per heavy atom. The SMILES string of the molecule is O=C(CC1S/C(=N/N=C2\CSC(=O)N2c2ccccc2)NC1=O)c1ccc(Cl)cc1. The average molecular weight is 459 g/mol. The lowest BCUT2D eigenvalue weighted by molar-refractivity contribution is -0.118. The van der Waals surface area contributed by atoms with Crippen LogP contribution < -0.4 is 10.2 Å². The monoisotopic (exact) mass is 458 g/mol. The van der Waals surface area contributed by atoms with Gasteiger partial charge in [0.25, 0.3) is 5.24 Å². The van der Waals surface area contributed by atoms with E-state index < -0.39 is 5.25 Å². The highest BCUT2D eigenvalue weighted by Crippen LogP contribution is 2.28. The van der Waals surface area contributed by atoms with Gasteiger partial charge in [0.05, 0.1) is 16.7 Å². The summed E-state index contributed by atoms with van der Waals surface area (Å²) in [6.45, 7) is 0. The van der Waals surface area contributed by atoms with Gasteiger partial charge in [-0.15, -0.1) is 10.2 Å². The number of nitrogens with one attached hydrogen (secondary N) is 1. The first kappa shape index (κ1) is 20.6. The quantitative estimate of drug-likeness (QED) is 0.536. The number of amides is 2. The molecule has 2 heterocycles. The van der Waals surface area contributed by atoms with E-state index in [-0.39, 0.29) is 23.4 Å². The molecular weight excluding hydrogens is 444 g/mol. The number of hydrogen-bond acceptors (Lipinski definition) is 7. The van der Waals surface area contributed by atoms with Crippen LogP contribution in [0.1, 0.15) is 16.8 Å². The highest BCUT2D eigenvalue weighted by molar-refractivity contribution is 8.15. The maximum atomic E-state index is 12.4. The van der Waals surface area contributed by atoms with Gasteiger partial charge in [-0.3, -0.25) is 19.3 Å². The molecule has 2 fully saturated rings. The first-order valence-electron chi connectivity index (χ1n) is 8.94. The van der Waals surface area contributed by atoms with Crippen LogP contribution in [0.4, 0.5) is 10.5 Å². The highest BCUT2D eigenvalue weighted by Gasteiger charge is 2.33. The fraction of sp³-hybridized carbons (Fsp3) is 0.150. The summed E-state index contributed by atoms with van der Waals surface area (Å²) in [5.41, 5.74) is 1.21. The first-order valence-corrected chi connectivity index (χ1v) is 11.2. The molecule has 2 aliphatic rings. The number of thioether (sulfide) groups is 2. The van der Waals surface area contributed by atoms with Crippen molar-refractivity contribution in [2.75, 3.05) is 10.7 Å². The summed E-state index contributed by atoms with van der Waals surface area (Å²) in [6, 6.07) is 15.7. The Labute approximate surface area is 186 Å². The smallest absolute Gasteiger partial charge is 0.292 e. The van der Waals surface area contributed by atoms with Crippen molar-refractivity contribution in [3.63, 3.8) is 0 Å². The average Bonchev–Trinajstić information content (AvgIpc) is 3.29. The van der Waals surface area contributed by atoms with E-state index in [1.807, 2.05) is 30.3 Å². The molecule has 4 rings (SSSR count). The molecule has 10 heteroatoms. The molecule has 0 aliphatic carbocycles. The molecule has 7 nitrogen and oxygen atoms in total. The molecule has 0 spiro atoms. The maximum Gasteiger partial charge on any atom is 0.292 e. The van der Waals surface area contributed by atoms with Gasteiger partial charge in [-0.25, -0.2) is 0 Å². The highest BCUT2D eigenvalue weighted by atomic mass is 35.5. The summed E-state index contributed by atoms with van der Waals surface area (Å²) in [5.74, 6) is 0.430. The molecule has 0 aromatic heterocycles. The predicted octanol–water partition coefficient (Wildman–Crippen LogP) is 4.19. The van der Waals surface area contributed by atoms with E-state index in [2.05, 4.69) is 15.5 Å². The van der Waals surface area contributed by atoms with Gasteiger partial charge in [-0.2, -0.15) is 0 Å². The second-order valence-corrected chi connectivity index (χ2v) is 8.93. The summed E-state index contributed by atoms with van der Waals surface area (Å²) in [6.07, 6.45) is 0.0399. The van der Waals surface area contributed by atoms with Crippen molar-refractivity contribution in [1.82, 2.24) is 5.32 Å². The Morgan fingerprint density at radius 3 is 2.57 bits per heavy atom. The standard InChI is InChI=1S/C20H15ClN4O3S2/c21-13-8-6-12(7-9-13)15(26)10-16-18(27)22-19(30-16)24-23-17-11-29-20(28)25(17)14-4-2-1-3-5-14/h1-9,16H,10-11H2,(H,22,24,27)/b23-17+. The van der Waals surface area contributed by atoms with Crippen LogP contribution in [0, 0.1) is 0 Å². The Balaban J connectivity index is 1.45. The largest absolute Gasteiger partial charge is 0.303 e. The third-order valence-electron chi connectivity index (χ3n) is 4.35. The second kappa shape index (κ2) is 9.03. The van der Waals surface area contributed by atoms with Crippen LogP contribution >= 0.6 is 35.1 Å². The lowest BCUT2D eigenvalue weighted by Crippen LogP contribution is -2.28. The fourth-order valence-electron chi connectivity index (χ4n) is 2.88. The van der Waals surface area contributed by atoms with Crippen molar-refractivity contribution < 1.29 is 14.4 Å². The van der Waals surface area contributed by atoms with Gasteiger partial charge in [0.15, 0.2) is 11.0 Å². The first-order chi connectivity index (χ1) is 14.5. The van der Waals surface area contributed by atoms with Crippen molar-refractivity contribution in [3.8, 4) is 0 Å². The van der Waals surface area contributed by atoms with Crippen LogP contribution in [0.15, 0.2) is 64.8 Å². The van der Waals surface area contributed by atoms with Gasteiger partial charge >= 0.3 is 0 Å². The molecule has 1 unspecified atom stereocenters. The zero-order valence-corrected chi connectivity index (χ0v) is 17.8. The van der Waals surface area contributed by atoms with Crippen molar-refractivity contribution in [1.29, 1.82) is 0 Å². The molecule has 2 aliphatic heterocycles. The van der Waals surface area contributed by atoms with E-state index in [9.17, 15) is 14.4 Å². The van der Waals surface area contributed by atoms with Gasteiger partial charge in [0.2, 0.25) is 5.91 Å². The number of carbonyl (C=O) groups excluding carboxylic acids is 3. The third-order valence-corrected chi connectivity index (χ3v) is 6.51. The van der Waals surface area contributed by atoms with E-state index in [1.54, 1.807) is 24.3 Å². The summed E-state index contributed by atoms with van der Waals surface area (Å²) in [5, 5.41) is 11.1. The lowest BCUT2D eigenvalue weighted by Gasteiger charge is -2.14. The molecule has 1 N–H and O–H groups in total. The predicted molar refractivity (Wildman–Crippen MR) is 122 cm³/mol. The van der Waals surface area contributed by atoms with Crippen LogP contribution in [-0.2, 0) is 4.79 Å². The molecule has 152 valence electrons. The van der Waals surface area contributed by atoms with Gasteiger partial charge < -0.3 is 5.32 Å². The van der Waals surface area contributed by atoms with E-state index >= 15 is 0 Å². The number of nitrogens with zero attached hydrogens (tertiary/aromatic N) is 3. The second-order valence-electron chi connectivity index (χ2n) is 6.38. The molecular formula is C20H15ClN4O3S2. The molecule has 2 aromatic carbocycles. The van der Waals surface area contributed by atoms with Crippen molar-refractivity contribution in [2.45, 2.75) is 11.7 Å². The van der Waals surface area contributed by atoms with Gasteiger partial charge in [-0.05, 0) is 36.4 Å². The van der Waals surface area contributed by atoms with E-state index in [0.29, 0.717) is 33.0 Å². The van der Waals surface area contributed by atoms with Gasteiger partial charge in [-0.1, -0.05) is 53.3 Å². The molecule has 0 radical (unpaired) electrons. The van der Waals surface area contributed by atoms with Crippen LogP contribution in [0.3, 0.4) is 0 Å². The summed E-state index contributed by atoms with van der Waals surface area (Å²) >= 11 is 8.13. The zero-order chi connectivity index (χ0) is 21.1. The Hall–Kier alpha value is -2.62. The van der Waals surface area contributed by atoms with Crippen molar-refractivity contribution in [3.05, 3.63) is 65.2 Å². The van der Waals surface area contributed by atoms with Crippen molar-refractivity contribution >= 4 is 68.7 Å². The molecule has 0 bridgehead atoms. The summed E-state index contributed by atoms with van der Waals surface area (Å²) < 4.78 is 0. The fourth-order valence-corrected chi connectivity index (χ4v) is 4.70. The molecule has 2 amide bonds. The maximum absolute atomic E-state index is 12.4. The van der Waals surface area contributed by atoms with Gasteiger partial charge in [0, 0.05) is 17.0 Å².